The minimum atomic E-state index is -0.958. The van der Waals surface area contributed by atoms with Gasteiger partial charge in [0, 0.05) is 5.69 Å². The first-order valence-electron chi connectivity index (χ1n) is 6.25. The molecule has 0 aliphatic heterocycles. The van der Waals surface area contributed by atoms with E-state index in [1.807, 2.05) is 31.2 Å². The highest BCUT2D eigenvalue weighted by Crippen LogP contribution is 2.24. The van der Waals surface area contributed by atoms with Crippen LogP contribution in [0.15, 0.2) is 40.8 Å². The number of carboxylic acids is 1. The number of benzene rings is 1. The highest BCUT2D eigenvalue weighted by molar-refractivity contribution is 5.78. The van der Waals surface area contributed by atoms with Crippen LogP contribution in [-0.2, 0) is 11.2 Å². The van der Waals surface area contributed by atoms with E-state index in [1.165, 1.54) is 0 Å². The van der Waals surface area contributed by atoms with Crippen molar-refractivity contribution in [1.82, 2.24) is 0 Å². The number of rotatable bonds is 5. The molecule has 2 rings (SSSR count). The molecule has 1 heterocycles. The molecule has 100 valence electrons. The van der Waals surface area contributed by atoms with Gasteiger partial charge in [-0.2, -0.15) is 0 Å². The minimum absolute atomic E-state index is 0.413. The summed E-state index contributed by atoms with van der Waals surface area (Å²) in [6, 6.07) is 10.3. The monoisotopic (exact) mass is 259 g/mol. The number of hydrogen-bond donors (Lipinski definition) is 2. The molecule has 0 aliphatic rings. The maximum atomic E-state index is 11.4. The van der Waals surface area contributed by atoms with Gasteiger partial charge in [0.05, 0.1) is 0 Å². The van der Waals surface area contributed by atoms with Crippen LogP contribution in [-0.4, -0.2) is 11.1 Å². The third kappa shape index (κ3) is 2.96. The van der Waals surface area contributed by atoms with Crippen molar-refractivity contribution in [3.63, 3.8) is 0 Å². The van der Waals surface area contributed by atoms with Crippen LogP contribution in [0.2, 0.25) is 0 Å². The van der Waals surface area contributed by atoms with E-state index in [9.17, 15) is 9.90 Å². The first-order valence-corrected chi connectivity index (χ1v) is 6.25. The van der Waals surface area contributed by atoms with Crippen LogP contribution < -0.4 is 5.32 Å². The van der Waals surface area contributed by atoms with Gasteiger partial charge in [-0.1, -0.05) is 25.1 Å². The van der Waals surface area contributed by atoms with E-state index < -0.39 is 12.0 Å². The number of para-hydroxylation sites is 1. The van der Waals surface area contributed by atoms with Gasteiger partial charge in [0.1, 0.15) is 11.5 Å². The van der Waals surface area contributed by atoms with Gasteiger partial charge >= 0.3 is 5.97 Å². The van der Waals surface area contributed by atoms with Gasteiger partial charge in [-0.3, -0.25) is 0 Å². The second-order valence-corrected chi connectivity index (χ2v) is 4.37. The average molecular weight is 259 g/mol. The molecule has 2 N–H and O–H groups in total. The molecule has 0 spiro atoms. The van der Waals surface area contributed by atoms with Gasteiger partial charge in [0.2, 0.25) is 0 Å². The average Bonchev–Trinajstić information content (AvgIpc) is 2.82. The Labute approximate surface area is 112 Å². The van der Waals surface area contributed by atoms with E-state index >= 15 is 0 Å². The number of aliphatic carboxylic acids is 1. The Morgan fingerprint density at radius 3 is 2.63 bits per heavy atom. The number of hydrogen-bond acceptors (Lipinski definition) is 3. The van der Waals surface area contributed by atoms with E-state index in [1.54, 1.807) is 19.1 Å². The largest absolute Gasteiger partial charge is 0.479 e. The van der Waals surface area contributed by atoms with Crippen molar-refractivity contribution in [3.8, 4) is 0 Å². The van der Waals surface area contributed by atoms with E-state index in [4.69, 9.17) is 4.42 Å². The summed E-state index contributed by atoms with van der Waals surface area (Å²) in [5.74, 6) is 0.156. The molecule has 0 radical (unpaired) electrons. The minimum Gasteiger partial charge on any atom is -0.479 e. The van der Waals surface area contributed by atoms with Crippen LogP contribution in [0.25, 0.3) is 0 Å². The van der Waals surface area contributed by atoms with E-state index in [2.05, 4.69) is 5.32 Å². The van der Waals surface area contributed by atoms with Crippen LogP contribution in [0.1, 0.15) is 30.0 Å². The maximum absolute atomic E-state index is 11.4. The number of anilines is 1. The van der Waals surface area contributed by atoms with E-state index in [0.29, 0.717) is 11.5 Å². The second kappa shape index (κ2) is 5.61. The van der Waals surface area contributed by atoms with Gasteiger partial charge in [-0.25, -0.2) is 4.79 Å². The molecular formula is C15H17NO3. The van der Waals surface area contributed by atoms with E-state index in [0.717, 1.165) is 17.7 Å². The second-order valence-electron chi connectivity index (χ2n) is 4.37. The highest BCUT2D eigenvalue weighted by Gasteiger charge is 2.23. The highest BCUT2D eigenvalue weighted by atomic mass is 16.4. The Morgan fingerprint density at radius 1 is 1.32 bits per heavy atom. The molecular weight excluding hydrogens is 242 g/mol. The Kier molecular flexibility index (Phi) is 3.90. The number of aryl methyl sites for hydroxylation is 2. The summed E-state index contributed by atoms with van der Waals surface area (Å²) in [6.07, 6.45) is 0.840. The molecule has 0 saturated heterocycles. The number of furan rings is 1. The van der Waals surface area contributed by atoms with Gasteiger partial charge in [-0.15, -0.1) is 0 Å². The molecule has 4 nitrogen and oxygen atoms in total. The third-order valence-electron chi connectivity index (χ3n) is 2.99. The van der Waals surface area contributed by atoms with Crippen molar-refractivity contribution in [1.29, 1.82) is 0 Å². The molecule has 19 heavy (non-hydrogen) atoms. The Bertz CT molecular complexity index is 574. The predicted octanol–water partition coefficient (Wildman–Crippen LogP) is 3.39. The number of nitrogens with one attached hydrogen (secondary N) is 1. The smallest absolute Gasteiger partial charge is 0.334 e. The quantitative estimate of drug-likeness (QED) is 0.864. The lowest BCUT2D eigenvalue weighted by Crippen LogP contribution is -2.20. The molecule has 0 amide bonds. The van der Waals surface area contributed by atoms with Gasteiger partial charge in [-0.05, 0) is 37.1 Å². The molecule has 4 heteroatoms. The normalized spacial score (nSPS) is 12.1. The summed E-state index contributed by atoms with van der Waals surface area (Å²) in [4.78, 5) is 11.4. The van der Waals surface area contributed by atoms with Crippen molar-refractivity contribution in [2.75, 3.05) is 5.32 Å². The lowest BCUT2D eigenvalue weighted by atomic mass is 10.1. The summed E-state index contributed by atoms with van der Waals surface area (Å²) in [5, 5.41) is 12.4. The van der Waals surface area contributed by atoms with Crippen LogP contribution in [0.5, 0.6) is 0 Å². The van der Waals surface area contributed by atoms with Crippen LogP contribution in [0.4, 0.5) is 5.69 Å². The van der Waals surface area contributed by atoms with Gasteiger partial charge < -0.3 is 14.8 Å². The fourth-order valence-corrected chi connectivity index (χ4v) is 1.99. The van der Waals surface area contributed by atoms with Crippen molar-refractivity contribution in [2.45, 2.75) is 26.3 Å². The standard InChI is InChI=1S/C15H17NO3/c1-3-11-6-4-5-7-12(11)16-14(15(17)18)13-9-8-10(2)19-13/h4-9,14,16H,3H2,1-2H3,(H,17,18). The lowest BCUT2D eigenvalue weighted by molar-refractivity contribution is -0.138. The van der Waals surface area contributed by atoms with Crippen molar-refractivity contribution in [3.05, 3.63) is 53.5 Å². The molecule has 1 atom stereocenters. The predicted molar refractivity (Wildman–Crippen MR) is 73.3 cm³/mol. The summed E-state index contributed by atoms with van der Waals surface area (Å²) < 4.78 is 5.41. The van der Waals surface area contributed by atoms with Crippen LogP contribution in [0.3, 0.4) is 0 Å². The zero-order valence-corrected chi connectivity index (χ0v) is 11.0. The Morgan fingerprint density at radius 2 is 2.05 bits per heavy atom. The van der Waals surface area contributed by atoms with E-state index in [-0.39, 0.29) is 0 Å². The zero-order valence-electron chi connectivity index (χ0n) is 11.0. The van der Waals surface area contributed by atoms with Crippen molar-refractivity contribution in [2.24, 2.45) is 0 Å². The molecule has 1 aromatic heterocycles. The zero-order chi connectivity index (χ0) is 13.8. The molecule has 1 unspecified atom stereocenters. The number of carboxylic acid groups (broad SMARTS) is 1. The SMILES string of the molecule is CCc1ccccc1NC(C(=O)O)c1ccc(C)o1. The fraction of sp³-hybridized carbons (Fsp3) is 0.267. The molecule has 0 saturated carbocycles. The molecule has 1 aromatic carbocycles. The Balaban J connectivity index is 2.29. The summed E-state index contributed by atoms with van der Waals surface area (Å²) >= 11 is 0. The number of carbonyl (C=O) groups is 1. The van der Waals surface area contributed by atoms with Crippen molar-refractivity contribution < 1.29 is 14.3 Å². The summed E-state index contributed by atoms with van der Waals surface area (Å²) in [6.45, 7) is 3.83. The first kappa shape index (κ1) is 13.2. The van der Waals surface area contributed by atoms with Crippen LogP contribution >= 0.6 is 0 Å². The third-order valence-corrected chi connectivity index (χ3v) is 2.99. The fourth-order valence-electron chi connectivity index (χ4n) is 1.99. The Hall–Kier alpha value is -2.23. The van der Waals surface area contributed by atoms with Crippen LogP contribution in [0, 0.1) is 6.92 Å². The van der Waals surface area contributed by atoms with Crippen molar-refractivity contribution >= 4 is 11.7 Å². The van der Waals surface area contributed by atoms with Gasteiger partial charge in [0.15, 0.2) is 6.04 Å². The molecule has 0 aliphatic carbocycles. The molecule has 0 bridgehead atoms. The first-order chi connectivity index (χ1) is 9.11. The topological polar surface area (TPSA) is 62.5 Å². The maximum Gasteiger partial charge on any atom is 0.334 e. The molecule has 0 fully saturated rings. The lowest BCUT2D eigenvalue weighted by Gasteiger charge is -2.16. The summed E-state index contributed by atoms with van der Waals surface area (Å²) in [7, 11) is 0. The molecule has 2 aromatic rings. The van der Waals surface area contributed by atoms with Gasteiger partial charge in [0.25, 0.3) is 0 Å². The summed E-state index contributed by atoms with van der Waals surface area (Å²) in [5.41, 5.74) is 1.91.